The van der Waals surface area contributed by atoms with E-state index >= 15 is 0 Å². The summed E-state index contributed by atoms with van der Waals surface area (Å²) in [5, 5.41) is 4.55. The van der Waals surface area contributed by atoms with E-state index in [9.17, 15) is 0 Å². The van der Waals surface area contributed by atoms with Crippen LogP contribution in [-0.4, -0.2) is 72.7 Å². The first-order valence-electron chi connectivity index (χ1n) is 8.95. The van der Waals surface area contributed by atoms with Crippen molar-refractivity contribution in [2.24, 2.45) is 4.99 Å². The molecule has 1 atom stereocenters. The maximum Gasteiger partial charge on any atom is 0.194 e. The molecule has 3 rings (SSSR count). The lowest BCUT2D eigenvalue weighted by atomic mass is 10.2. The average molecular weight is 479 g/mol. The third kappa shape index (κ3) is 5.51. The van der Waals surface area contributed by atoms with Gasteiger partial charge in [-0.2, -0.15) is 0 Å². The van der Waals surface area contributed by atoms with Crippen molar-refractivity contribution in [1.82, 2.24) is 20.1 Å². The number of rotatable bonds is 4. The van der Waals surface area contributed by atoms with Gasteiger partial charge < -0.3 is 15.0 Å². The molecule has 0 amide bonds. The van der Waals surface area contributed by atoms with E-state index in [0.29, 0.717) is 12.6 Å². The maximum atomic E-state index is 5.47. The Hall–Kier alpha value is -0.450. The topological polar surface area (TPSA) is 53.0 Å². The second kappa shape index (κ2) is 10.0. The lowest BCUT2D eigenvalue weighted by Crippen LogP contribution is -2.46. The van der Waals surface area contributed by atoms with E-state index in [1.807, 2.05) is 0 Å². The second-order valence-electron chi connectivity index (χ2n) is 6.46. The van der Waals surface area contributed by atoms with Crippen LogP contribution in [0.4, 0.5) is 0 Å². The standard InChI is InChI=1S/C17H29N5OS.HI/c1-4-18-17(19-11-16-20-13(2)14(3)24-16)22-6-5-15(12-22)21-7-9-23-10-8-21;/h15H,4-12H2,1-3H3,(H,18,19);1H. The highest BCUT2D eigenvalue weighted by molar-refractivity contribution is 14.0. The Kier molecular flexibility index (Phi) is 8.37. The van der Waals surface area contributed by atoms with E-state index < -0.39 is 0 Å². The molecule has 0 radical (unpaired) electrons. The van der Waals surface area contributed by atoms with Crippen molar-refractivity contribution in [3.63, 3.8) is 0 Å². The number of aryl methyl sites for hydroxylation is 2. The van der Waals surface area contributed by atoms with Gasteiger partial charge in [-0.1, -0.05) is 0 Å². The predicted molar refractivity (Wildman–Crippen MR) is 114 cm³/mol. The number of ether oxygens (including phenoxy) is 1. The van der Waals surface area contributed by atoms with Crippen molar-refractivity contribution >= 4 is 41.3 Å². The Balaban J connectivity index is 0.00000225. The molecule has 1 aromatic heterocycles. The highest BCUT2D eigenvalue weighted by Crippen LogP contribution is 2.19. The van der Waals surface area contributed by atoms with Gasteiger partial charge in [-0.25, -0.2) is 9.98 Å². The van der Waals surface area contributed by atoms with Crippen LogP contribution in [0.15, 0.2) is 4.99 Å². The van der Waals surface area contributed by atoms with Crippen molar-refractivity contribution in [3.05, 3.63) is 15.6 Å². The Morgan fingerprint density at radius 3 is 2.72 bits per heavy atom. The zero-order valence-corrected chi connectivity index (χ0v) is 18.6. The molecule has 25 heavy (non-hydrogen) atoms. The summed E-state index contributed by atoms with van der Waals surface area (Å²) in [5.41, 5.74) is 1.13. The lowest BCUT2D eigenvalue weighted by Gasteiger charge is -2.32. The minimum absolute atomic E-state index is 0. The van der Waals surface area contributed by atoms with Crippen LogP contribution in [-0.2, 0) is 11.3 Å². The number of halogens is 1. The SMILES string of the molecule is CCNC(=NCc1nc(C)c(C)s1)N1CCC(N2CCOCC2)C1.I. The largest absolute Gasteiger partial charge is 0.379 e. The zero-order chi connectivity index (χ0) is 16.9. The number of nitrogens with zero attached hydrogens (tertiary/aromatic N) is 4. The number of guanidine groups is 1. The van der Waals surface area contributed by atoms with Crippen molar-refractivity contribution < 1.29 is 4.74 Å². The number of aromatic nitrogens is 1. The van der Waals surface area contributed by atoms with Crippen LogP contribution in [0.25, 0.3) is 0 Å². The zero-order valence-electron chi connectivity index (χ0n) is 15.5. The highest BCUT2D eigenvalue weighted by atomic mass is 127. The summed E-state index contributed by atoms with van der Waals surface area (Å²) >= 11 is 1.75. The van der Waals surface area contributed by atoms with E-state index in [-0.39, 0.29) is 24.0 Å². The fourth-order valence-electron chi connectivity index (χ4n) is 3.35. The number of aliphatic imine (C=N–C) groups is 1. The Morgan fingerprint density at radius 2 is 2.08 bits per heavy atom. The number of morpholine rings is 1. The van der Waals surface area contributed by atoms with Crippen LogP contribution in [0.5, 0.6) is 0 Å². The van der Waals surface area contributed by atoms with Gasteiger partial charge in [0.25, 0.3) is 0 Å². The molecule has 0 aliphatic carbocycles. The third-order valence-electron chi connectivity index (χ3n) is 4.80. The van der Waals surface area contributed by atoms with Crippen molar-refractivity contribution in [2.45, 2.75) is 39.8 Å². The molecule has 0 spiro atoms. The molecule has 3 heterocycles. The Morgan fingerprint density at radius 1 is 1.32 bits per heavy atom. The fourth-order valence-corrected chi connectivity index (χ4v) is 4.21. The maximum absolute atomic E-state index is 5.47. The molecule has 2 fully saturated rings. The average Bonchev–Trinajstić information content (AvgIpc) is 3.20. The summed E-state index contributed by atoms with van der Waals surface area (Å²) in [6.45, 7) is 13.9. The van der Waals surface area contributed by atoms with Crippen LogP contribution in [0, 0.1) is 13.8 Å². The van der Waals surface area contributed by atoms with Crippen LogP contribution in [0.1, 0.15) is 28.9 Å². The van der Waals surface area contributed by atoms with Gasteiger partial charge in [0.1, 0.15) is 5.01 Å². The summed E-state index contributed by atoms with van der Waals surface area (Å²) in [4.78, 5) is 15.7. The van der Waals surface area contributed by atoms with Crippen molar-refractivity contribution in [3.8, 4) is 0 Å². The molecular weight excluding hydrogens is 449 g/mol. The summed E-state index contributed by atoms with van der Waals surface area (Å²) in [5.74, 6) is 1.03. The molecule has 2 saturated heterocycles. The lowest BCUT2D eigenvalue weighted by molar-refractivity contribution is 0.0195. The molecule has 0 aromatic carbocycles. The highest BCUT2D eigenvalue weighted by Gasteiger charge is 2.30. The van der Waals surface area contributed by atoms with Crippen molar-refractivity contribution in [2.75, 3.05) is 45.9 Å². The molecule has 142 valence electrons. The van der Waals surface area contributed by atoms with Gasteiger partial charge in [0.15, 0.2) is 5.96 Å². The number of thiazole rings is 1. The molecule has 0 saturated carbocycles. The first-order valence-corrected chi connectivity index (χ1v) is 9.77. The number of nitrogens with one attached hydrogen (secondary N) is 1. The summed E-state index contributed by atoms with van der Waals surface area (Å²) < 4.78 is 5.47. The first kappa shape index (κ1) is 20.9. The molecule has 6 nitrogen and oxygen atoms in total. The molecule has 8 heteroatoms. The smallest absolute Gasteiger partial charge is 0.194 e. The molecule has 1 unspecified atom stereocenters. The predicted octanol–water partition coefficient (Wildman–Crippen LogP) is 2.25. The normalized spacial score (nSPS) is 22.1. The fraction of sp³-hybridized carbons (Fsp3) is 0.765. The van der Waals surface area contributed by atoms with E-state index in [2.05, 4.69) is 40.9 Å². The van der Waals surface area contributed by atoms with E-state index in [4.69, 9.17) is 9.73 Å². The second-order valence-corrected chi connectivity index (χ2v) is 7.74. The molecule has 1 aromatic rings. The number of hydrogen-bond donors (Lipinski definition) is 1. The summed E-state index contributed by atoms with van der Waals surface area (Å²) in [6, 6.07) is 0.627. The van der Waals surface area contributed by atoms with Crippen molar-refractivity contribution in [1.29, 1.82) is 0 Å². The quantitative estimate of drug-likeness (QED) is 0.408. The van der Waals surface area contributed by atoms with E-state index in [0.717, 1.165) is 62.6 Å². The first-order chi connectivity index (χ1) is 11.7. The third-order valence-corrected chi connectivity index (χ3v) is 5.85. The minimum atomic E-state index is 0. The Bertz CT molecular complexity index is 554. The number of hydrogen-bond acceptors (Lipinski definition) is 5. The van der Waals surface area contributed by atoms with Gasteiger partial charge >= 0.3 is 0 Å². The van der Waals surface area contributed by atoms with Gasteiger partial charge in [0, 0.05) is 43.6 Å². The van der Waals surface area contributed by atoms with Gasteiger partial charge in [0.2, 0.25) is 0 Å². The van der Waals surface area contributed by atoms with E-state index in [1.54, 1.807) is 11.3 Å². The Labute approximate surface area is 172 Å². The summed E-state index contributed by atoms with van der Waals surface area (Å²) in [7, 11) is 0. The molecule has 2 aliphatic rings. The van der Waals surface area contributed by atoms with Gasteiger partial charge in [-0.05, 0) is 27.2 Å². The monoisotopic (exact) mass is 479 g/mol. The minimum Gasteiger partial charge on any atom is -0.379 e. The molecule has 2 aliphatic heterocycles. The van der Waals surface area contributed by atoms with Crippen LogP contribution < -0.4 is 5.32 Å². The molecular formula is C17H30IN5OS. The van der Waals surface area contributed by atoms with Crippen LogP contribution in [0.2, 0.25) is 0 Å². The van der Waals surface area contributed by atoms with Crippen LogP contribution >= 0.6 is 35.3 Å². The molecule has 1 N–H and O–H groups in total. The van der Waals surface area contributed by atoms with Gasteiger partial charge in [-0.15, -0.1) is 35.3 Å². The summed E-state index contributed by atoms with van der Waals surface area (Å²) in [6.07, 6.45) is 1.21. The van der Waals surface area contributed by atoms with E-state index in [1.165, 1.54) is 11.3 Å². The van der Waals surface area contributed by atoms with Gasteiger partial charge in [-0.3, -0.25) is 4.90 Å². The van der Waals surface area contributed by atoms with Gasteiger partial charge in [0.05, 0.1) is 25.5 Å². The molecule has 0 bridgehead atoms. The number of likely N-dealkylation sites (tertiary alicyclic amines) is 1. The van der Waals surface area contributed by atoms with Crippen LogP contribution in [0.3, 0.4) is 0 Å².